The highest BCUT2D eigenvalue weighted by molar-refractivity contribution is 9.10. The Kier molecular flexibility index (Phi) is 5.12. The summed E-state index contributed by atoms with van der Waals surface area (Å²) in [5, 5.41) is 3.31. The molecule has 2 rings (SSSR count). The van der Waals surface area contributed by atoms with Gasteiger partial charge in [-0.1, -0.05) is 12.1 Å². The van der Waals surface area contributed by atoms with E-state index in [1.807, 2.05) is 6.07 Å². The maximum Gasteiger partial charge on any atom is 0.137 e. The Labute approximate surface area is 115 Å². The standard InChI is InChI=1S/C13H18BrFN2O/c1-17-5-6-18-11(9-17)8-16-7-10-3-2-4-12(15)13(10)14/h2-4,11,16H,5-9H2,1H3. The molecule has 1 aliphatic heterocycles. The molecule has 3 nitrogen and oxygen atoms in total. The number of rotatable bonds is 4. The van der Waals surface area contributed by atoms with Crippen molar-refractivity contribution in [3.05, 3.63) is 34.1 Å². The Morgan fingerprint density at radius 3 is 3.17 bits per heavy atom. The molecule has 1 saturated heterocycles. The van der Waals surface area contributed by atoms with Gasteiger partial charge in [-0.25, -0.2) is 4.39 Å². The largest absolute Gasteiger partial charge is 0.374 e. The summed E-state index contributed by atoms with van der Waals surface area (Å²) in [4.78, 5) is 2.26. The molecule has 1 N–H and O–H groups in total. The SMILES string of the molecule is CN1CCOC(CNCc2cccc(F)c2Br)C1. The van der Waals surface area contributed by atoms with Crippen LogP contribution >= 0.6 is 15.9 Å². The van der Waals surface area contributed by atoms with E-state index in [0.29, 0.717) is 11.0 Å². The average molecular weight is 317 g/mol. The zero-order valence-corrected chi connectivity index (χ0v) is 12.0. The van der Waals surface area contributed by atoms with Gasteiger partial charge in [0.2, 0.25) is 0 Å². The third-order valence-corrected chi connectivity index (χ3v) is 3.95. The lowest BCUT2D eigenvalue weighted by atomic mass is 10.2. The molecule has 1 aliphatic rings. The Hall–Kier alpha value is -0.490. The fourth-order valence-corrected chi connectivity index (χ4v) is 2.45. The fourth-order valence-electron chi connectivity index (χ4n) is 2.04. The number of hydrogen-bond donors (Lipinski definition) is 1. The molecule has 1 heterocycles. The van der Waals surface area contributed by atoms with Crippen LogP contribution in [0.1, 0.15) is 5.56 Å². The highest BCUT2D eigenvalue weighted by Crippen LogP contribution is 2.20. The number of nitrogens with zero attached hydrogens (tertiary/aromatic N) is 1. The second-order valence-electron chi connectivity index (χ2n) is 4.60. The number of nitrogens with one attached hydrogen (secondary N) is 1. The second-order valence-corrected chi connectivity index (χ2v) is 5.39. The van der Waals surface area contributed by atoms with Crippen LogP contribution in [0.3, 0.4) is 0 Å². The van der Waals surface area contributed by atoms with Crippen molar-refractivity contribution >= 4 is 15.9 Å². The molecule has 1 aromatic rings. The van der Waals surface area contributed by atoms with Gasteiger partial charge in [-0.3, -0.25) is 0 Å². The molecule has 18 heavy (non-hydrogen) atoms. The molecule has 0 bridgehead atoms. The molecule has 0 amide bonds. The van der Waals surface area contributed by atoms with E-state index < -0.39 is 0 Å². The highest BCUT2D eigenvalue weighted by atomic mass is 79.9. The first-order valence-corrected chi connectivity index (χ1v) is 6.90. The number of morpholine rings is 1. The van der Waals surface area contributed by atoms with E-state index in [1.165, 1.54) is 6.07 Å². The van der Waals surface area contributed by atoms with Gasteiger partial charge >= 0.3 is 0 Å². The maximum atomic E-state index is 13.3. The van der Waals surface area contributed by atoms with Crippen LogP contribution in [-0.4, -0.2) is 44.3 Å². The van der Waals surface area contributed by atoms with Crippen LogP contribution in [-0.2, 0) is 11.3 Å². The van der Waals surface area contributed by atoms with Crippen molar-refractivity contribution in [3.8, 4) is 0 Å². The number of benzene rings is 1. The monoisotopic (exact) mass is 316 g/mol. The Morgan fingerprint density at radius 1 is 1.56 bits per heavy atom. The normalized spacial score (nSPS) is 21.2. The molecule has 1 unspecified atom stereocenters. The summed E-state index contributed by atoms with van der Waals surface area (Å²) >= 11 is 3.26. The zero-order valence-electron chi connectivity index (χ0n) is 10.5. The van der Waals surface area contributed by atoms with Crippen molar-refractivity contribution in [2.24, 2.45) is 0 Å². The van der Waals surface area contributed by atoms with Crippen molar-refractivity contribution in [3.63, 3.8) is 0 Å². The van der Waals surface area contributed by atoms with Gasteiger partial charge < -0.3 is 15.0 Å². The zero-order chi connectivity index (χ0) is 13.0. The molecule has 0 saturated carbocycles. The first-order chi connectivity index (χ1) is 8.66. The summed E-state index contributed by atoms with van der Waals surface area (Å²) in [6.45, 7) is 4.14. The van der Waals surface area contributed by atoms with Crippen molar-refractivity contribution in [2.75, 3.05) is 33.3 Å². The summed E-state index contributed by atoms with van der Waals surface area (Å²) in [7, 11) is 2.10. The van der Waals surface area contributed by atoms with Crippen LogP contribution in [0, 0.1) is 5.82 Å². The number of hydrogen-bond acceptors (Lipinski definition) is 3. The summed E-state index contributed by atoms with van der Waals surface area (Å²) in [6.07, 6.45) is 0.219. The van der Waals surface area contributed by atoms with E-state index in [-0.39, 0.29) is 11.9 Å². The average Bonchev–Trinajstić information content (AvgIpc) is 2.35. The number of ether oxygens (including phenoxy) is 1. The van der Waals surface area contributed by atoms with Gasteiger partial charge in [-0.2, -0.15) is 0 Å². The molecule has 0 aromatic heterocycles. The van der Waals surface area contributed by atoms with Crippen LogP contribution in [0.25, 0.3) is 0 Å². The van der Waals surface area contributed by atoms with Gasteiger partial charge in [0.25, 0.3) is 0 Å². The predicted octanol–water partition coefficient (Wildman–Crippen LogP) is 2.01. The van der Waals surface area contributed by atoms with Crippen LogP contribution < -0.4 is 5.32 Å². The lowest BCUT2D eigenvalue weighted by molar-refractivity contribution is -0.0182. The van der Waals surface area contributed by atoms with Gasteiger partial charge in [0.15, 0.2) is 0 Å². The number of likely N-dealkylation sites (N-methyl/N-ethyl adjacent to an activating group) is 1. The minimum Gasteiger partial charge on any atom is -0.374 e. The Balaban J connectivity index is 1.79. The topological polar surface area (TPSA) is 24.5 Å². The van der Waals surface area contributed by atoms with E-state index in [0.717, 1.165) is 31.8 Å². The van der Waals surface area contributed by atoms with E-state index in [4.69, 9.17) is 4.74 Å². The molecule has 0 radical (unpaired) electrons. The Bertz CT molecular complexity index is 403. The summed E-state index contributed by atoms with van der Waals surface area (Å²) < 4.78 is 19.5. The van der Waals surface area contributed by atoms with Gasteiger partial charge in [0.05, 0.1) is 17.2 Å². The summed E-state index contributed by atoms with van der Waals surface area (Å²) in [5.74, 6) is -0.219. The summed E-state index contributed by atoms with van der Waals surface area (Å²) in [6, 6.07) is 5.09. The lowest BCUT2D eigenvalue weighted by Crippen LogP contribution is -2.44. The molecule has 5 heteroatoms. The second kappa shape index (κ2) is 6.61. The van der Waals surface area contributed by atoms with Gasteiger partial charge in [-0.15, -0.1) is 0 Å². The van der Waals surface area contributed by atoms with E-state index >= 15 is 0 Å². The molecule has 1 aromatic carbocycles. The first kappa shape index (κ1) is 13.9. The highest BCUT2D eigenvalue weighted by Gasteiger charge is 2.17. The third kappa shape index (κ3) is 3.75. The smallest absolute Gasteiger partial charge is 0.137 e. The Morgan fingerprint density at radius 2 is 2.39 bits per heavy atom. The molecule has 100 valence electrons. The van der Waals surface area contributed by atoms with Crippen molar-refractivity contribution < 1.29 is 9.13 Å². The predicted molar refractivity (Wildman–Crippen MR) is 73.0 cm³/mol. The van der Waals surface area contributed by atoms with Crippen LogP contribution in [0.4, 0.5) is 4.39 Å². The minimum atomic E-state index is -0.219. The first-order valence-electron chi connectivity index (χ1n) is 6.10. The van der Waals surface area contributed by atoms with E-state index in [2.05, 4.69) is 33.2 Å². The van der Waals surface area contributed by atoms with E-state index in [1.54, 1.807) is 6.07 Å². The van der Waals surface area contributed by atoms with E-state index in [9.17, 15) is 4.39 Å². The van der Waals surface area contributed by atoms with Gasteiger partial charge in [0, 0.05) is 26.2 Å². The van der Waals surface area contributed by atoms with Crippen molar-refractivity contribution in [1.29, 1.82) is 0 Å². The van der Waals surface area contributed by atoms with Crippen LogP contribution in [0.2, 0.25) is 0 Å². The van der Waals surface area contributed by atoms with Crippen LogP contribution in [0.5, 0.6) is 0 Å². The van der Waals surface area contributed by atoms with Gasteiger partial charge in [0.1, 0.15) is 5.82 Å². The van der Waals surface area contributed by atoms with Crippen molar-refractivity contribution in [2.45, 2.75) is 12.6 Å². The third-order valence-electron chi connectivity index (χ3n) is 3.06. The van der Waals surface area contributed by atoms with Gasteiger partial charge in [-0.05, 0) is 34.6 Å². The molecule has 1 atom stereocenters. The number of halogens is 2. The maximum absolute atomic E-state index is 13.3. The molecular formula is C13H18BrFN2O. The summed E-state index contributed by atoms with van der Waals surface area (Å²) in [5.41, 5.74) is 0.930. The van der Waals surface area contributed by atoms with Crippen LogP contribution in [0.15, 0.2) is 22.7 Å². The molecule has 0 aliphatic carbocycles. The minimum absolute atomic E-state index is 0.219. The molecule has 1 fully saturated rings. The molecular weight excluding hydrogens is 299 g/mol. The van der Waals surface area contributed by atoms with Crippen molar-refractivity contribution in [1.82, 2.24) is 10.2 Å². The lowest BCUT2D eigenvalue weighted by Gasteiger charge is -2.30. The fraction of sp³-hybridized carbons (Fsp3) is 0.538. The molecule has 0 spiro atoms. The quantitative estimate of drug-likeness (QED) is 0.919.